The molecule has 1 aliphatic carbocycles. The lowest BCUT2D eigenvalue weighted by atomic mass is 9.69. The SMILES string of the molecule is CCC(C)(C)[C@@H]1CCc2c(sc3c2C(=O)N[C@@H](c2ccc(C(C)(C)C)cc2)N3)C1. The molecule has 0 fully saturated rings. The molecular weight excluding hydrogens is 376 g/mol. The molecule has 2 N–H and O–H groups in total. The third-order valence-electron chi connectivity index (χ3n) is 7.17. The summed E-state index contributed by atoms with van der Waals surface area (Å²) in [5.74, 6) is 0.776. The average Bonchev–Trinajstić information content (AvgIpc) is 3.05. The molecule has 0 unspecified atom stereocenters. The van der Waals surface area contributed by atoms with Crippen molar-refractivity contribution in [1.29, 1.82) is 0 Å². The van der Waals surface area contributed by atoms with Crippen molar-refractivity contribution in [2.45, 2.75) is 78.8 Å². The fourth-order valence-electron chi connectivity index (χ4n) is 4.60. The Bertz CT molecular complexity index is 918. The van der Waals surface area contributed by atoms with E-state index in [-0.39, 0.29) is 17.5 Å². The minimum Gasteiger partial charge on any atom is -0.353 e. The van der Waals surface area contributed by atoms with Gasteiger partial charge in [-0.25, -0.2) is 0 Å². The van der Waals surface area contributed by atoms with Crippen LogP contribution in [0.5, 0.6) is 0 Å². The Morgan fingerprint density at radius 1 is 1.07 bits per heavy atom. The molecule has 0 saturated heterocycles. The highest BCUT2D eigenvalue weighted by Gasteiger charge is 2.37. The van der Waals surface area contributed by atoms with Gasteiger partial charge in [0.05, 0.1) is 5.56 Å². The van der Waals surface area contributed by atoms with Gasteiger partial charge < -0.3 is 10.6 Å². The first-order valence-corrected chi connectivity index (χ1v) is 11.7. The highest BCUT2D eigenvalue weighted by Crippen LogP contribution is 2.47. The summed E-state index contributed by atoms with van der Waals surface area (Å²) in [6.45, 7) is 13.7. The van der Waals surface area contributed by atoms with Crippen molar-refractivity contribution >= 4 is 22.2 Å². The molecule has 2 atom stereocenters. The molecular formula is C25H34N2OS. The highest BCUT2D eigenvalue weighted by molar-refractivity contribution is 7.16. The lowest BCUT2D eigenvalue weighted by molar-refractivity contribution is 0.0934. The number of rotatable bonds is 3. The molecule has 0 spiro atoms. The molecule has 2 aromatic rings. The van der Waals surface area contributed by atoms with E-state index < -0.39 is 0 Å². The van der Waals surface area contributed by atoms with E-state index in [9.17, 15) is 4.79 Å². The number of hydrogen-bond acceptors (Lipinski definition) is 3. The molecule has 4 heteroatoms. The Labute approximate surface area is 179 Å². The lowest BCUT2D eigenvalue weighted by Gasteiger charge is -2.36. The van der Waals surface area contributed by atoms with Gasteiger partial charge in [-0.1, -0.05) is 72.2 Å². The van der Waals surface area contributed by atoms with Gasteiger partial charge in [-0.2, -0.15) is 0 Å². The average molecular weight is 411 g/mol. The third-order valence-corrected chi connectivity index (χ3v) is 8.36. The first-order chi connectivity index (χ1) is 13.6. The number of carbonyl (C=O) groups excluding carboxylic acids is 1. The van der Waals surface area contributed by atoms with Crippen molar-refractivity contribution in [3.05, 3.63) is 51.4 Å². The van der Waals surface area contributed by atoms with E-state index in [1.54, 1.807) is 11.3 Å². The van der Waals surface area contributed by atoms with Gasteiger partial charge in [0.25, 0.3) is 5.91 Å². The number of benzene rings is 1. The van der Waals surface area contributed by atoms with E-state index in [1.807, 2.05) is 0 Å². The maximum absolute atomic E-state index is 13.0. The molecule has 0 radical (unpaired) electrons. The second kappa shape index (κ2) is 7.16. The van der Waals surface area contributed by atoms with E-state index in [1.165, 1.54) is 28.8 Å². The second-order valence-electron chi connectivity index (χ2n) is 10.4. The Morgan fingerprint density at radius 3 is 2.38 bits per heavy atom. The summed E-state index contributed by atoms with van der Waals surface area (Å²) in [6, 6.07) is 8.62. The van der Waals surface area contributed by atoms with Gasteiger partial charge in [-0.05, 0) is 52.7 Å². The van der Waals surface area contributed by atoms with Crippen LogP contribution in [0, 0.1) is 11.3 Å². The number of nitrogens with one attached hydrogen (secondary N) is 2. The highest BCUT2D eigenvalue weighted by atomic mass is 32.1. The molecule has 4 rings (SSSR count). The smallest absolute Gasteiger partial charge is 0.256 e. The van der Waals surface area contributed by atoms with Crippen LogP contribution in [0.3, 0.4) is 0 Å². The minimum atomic E-state index is -0.160. The molecule has 2 heterocycles. The predicted octanol–water partition coefficient (Wildman–Crippen LogP) is 6.44. The Hall–Kier alpha value is -1.81. The molecule has 0 bridgehead atoms. The standard InChI is InChI=1S/C25H34N2OS/c1-7-25(5,6)17-12-13-18-19(14-17)29-23-20(18)22(28)26-21(27-23)15-8-10-16(11-9-15)24(2,3)4/h8-11,17,21,27H,7,12-14H2,1-6H3,(H,26,28)/t17-,21-/m1/s1. The molecule has 3 nitrogen and oxygen atoms in total. The van der Waals surface area contributed by atoms with Crippen molar-refractivity contribution < 1.29 is 4.79 Å². The third kappa shape index (κ3) is 3.72. The van der Waals surface area contributed by atoms with E-state index in [4.69, 9.17) is 0 Å². The number of hydrogen-bond donors (Lipinski definition) is 2. The quantitative estimate of drug-likeness (QED) is 0.611. The number of anilines is 1. The summed E-state index contributed by atoms with van der Waals surface area (Å²) < 4.78 is 0. The van der Waals surface area contributed by atoms with Gasteiger partial charge >= 0.3 is 0 Å². The second-order valence-corrected chi connectivity index (χ2v) is 11.5. The zero-order valence-electron chi connectivity index (χ0n) is 18.6. The monoisotopic (exact) mass is 410 g/mol. The van der Waals surface area contributed by atoms with Crippen molar-refractivity contribution in [3.8, 4) is 0 Å². The summed E-state index contributed by atoms with van der Waals surface area (Å²) in [6.07, 6.45) is 4.35. The van der Waals surface area contributed by atoms with Crippen molar-refractivity contribution in [3.63, 3.8) is 0 Å². The van der Waals surface area contributed by atoms with Gasteiger partial charge in [0.2, 0.25) is 0 Å². The van der Waals surface area contributed by atoms with Crippen LogP contribution in [0.4, 0.5) is 5.00 Å². The summed E-state index contributed by atoms with van der Waals surface area (Å²) in [7, 11) is 0. The van der Waals surface area contributed by atoms with Crippen molar-refractivity contribution in [2.24, 2.45) is 11.3 Å². The van der Waals surface area contributed by atoms with Crippen LogP contribution in [-0.4, -0.2) is 5.91 Å². The number of thiophene rings is 1. The topological polar surface area (TPSA) is 41.1 Å². The molecule has 156 valence electrons. The van der Waals surface area contributed by atoms with Gasteiger partial charge in [0.15, 0.2) is 0 Å². The summed E-state index contributed by atoms with van der Waals surface area (Å²) in [5.41, 5.74) is 5.09. The summed E-state index contributed by atoms with van der Waals surface area (Å²) in [4.78, 5) is 14.4. The van der Waals surface area contributed by atoms with Crippen LogP contribution >= 0.6 is 11.3 Å². The van der Waals surface area contributed by atoms with Crippen LogP contribution in [0.1, 0.15) is 92.5 Å². The predicted molar refractivity (Wildman–Crippen MR) is 123 cm³/mol. The first-order valence-electron chi connectivity index (χ1n) is 10.9. The zero-order chi connectivity index (χ0) is 21.0. The van der Waals surface area contributed by atoms with E-state index in [0.29, 0.717) is 11.3 Å². The maximum Gasteiger partial charge on any atom is 0.256 e. The Balaban J connectivity index is 1.59. The molecule has 1 amide bonds. The number of carbonyl (C=O) groups is 1. The molecule has 1 aliphatic heterocycles. The molecule has 1 aromatic heterocycles. The van der Waals surface area contributed by atoms with Crippen LogP contribution in [0.25, 0.3) is 0 Å². The van der Waals surface area contributed by atoms with Gasteiger partial charge in [-0.15, -0.1) is 11.3 Å². The molecule has 0 saturated carbocycles. The van der Waals surface area contributed by atoms with E-state index in [0.717, 1.165) is 29.0 Å². The Kier molecular flexibility index (Phi) is 5.05. The molecule has 2 aliphatic rings. The fourth-order valence-corrected chi connectivity index (χ4v) is 5.95. The fraction of sp³-hybridized carbons (Fsp3) is 0.560. The zero-order valence-corrected chi connectivity index (χ0v) is 19.4. The number of fused-ring (bicyclic) bond motifs is 3. The molecule has 1 aromatic carbocycles. The van der Waals surface area contributed by atoms with Crippen molar-refractivity contribution in [2.75, 3.05) is 5.32 Å². The maximum atomic E-state index is 13.0. The Morgan fingerprint density at radius 2 is 1.76 bits per heavy atom. The van der Waals surface area contributed by atoms with E-state index in [2.05, 4.69) is 76.4 Å². The van der Waals surface area contributed by atoms with E-state index >= 15 is 0 Å². The molecule has 29 heavy (non-hydrogen) atoms. The van der Waals surface area contributed by atoms with Crippen LogP contribution < -0.4 is 10.6 Å². The van der Waals surface area contributed by atoms with Gasteiger partial charge in [-0.3, -0.25) is 4.79 Å². The van der Waals surface area contributed by atoms with Crippen LogP contribution in [0.2, 0.25) is 0 Å². The van der Waals surface area contributed by atoms with Crippen LogP contribution in [0.15, 0.2) is 24.3 Å². The lowest BCUT2D eigenvalue weighted by Crippen LogP contribution is -2.38. The first kappa shape index (κ1) is 20.5. The van der Waals surface area contributed by atoms with Crippen molar-refractivity contribution in [1.82, 2.24) is 5.32 Å². The van der Waals surface area contributed by atoms with Gasteiger partial charge in [0, 0.05) is 4.88 Å². The van der Waals surface area contributed by atoms with Crippen LogP contribution in [-0.2, 0) is 18.3 Å². The normalized spacial score (nSPS) is 21.8. The number of amides is 1. The summed E-state index contributed by atoms with van der Waals surface area (Å²) in [5, 5.41) is 7.86. The minimum absolute atomic E-state index is 0.0781. The van der Waals surface area contributed by atoms with Gasteiger partial charge in [0.1, 0.15) is 11.2 Å². The largest absolute Gasteiger partial charge is 0.353 e. The summed E-state index contributed by atoms with van der Waals surface area (Å²) >= 11 is 1.81.